The van der Waals surface area contributed by atoms with Crippen LogP contribution in [-0.2, 0) is 5.41 Å². The number of anilines is 1. The Morgan fingerprint density at radius 1 is 1.40 bits per heavy atom. The van der Waals surface area contributed by atoms with Gasteiger partial charge in [0, 0.05) is 25.9 Å². The van der Waals surface area contributed by atoms with Crippen molar-refractivity contribution in [1.82, 2.24) is 4.98 Å². The maximum atomic E-state index is 5.64. The molecule has 3 nitrogen and oxygen atoms in total. The van der Waals surface area contributed by atoms with Crippen LogP contribution in [0.25, 0.3) is 0 Å². The highest BCUT2D eigenvalue weighted by Gasteiger charge is 2.23. The standard InChI is InChI=1S/C12H21N3/c1-12(2,7-8-13)10-6-5-9-14-11(10)15(3)4/h5-6,9H,7-8,13H2,1-4H3. The Morgan fingerprint density at radius 3 is 2.60 bits per heavy atom. The predicted octanol–water partition coefficient (Wildman–Crippen LogP) is 1.77. The van der Waals surface area contributed by atoms with Crippen LogP contribution in [0.15, 0.2) is 18.3 Å². The minimum atomic E-state index is 0.0859. The lowest BCUT2D eigenvalue weighted by molar-refractivity contribution is 0.486. The molecule has 1 rings (SSSR count). The quantitative estimate of drug-likeness (QED) is 0.818. The Bertz CT molecular complexity index is 318. The van der Waals surface area contributed by atoms with E-state index in [2.05, 4.69) is 24.9 Å². The summed E-state index contributed by atoms with van der Waals surface area (Å²) in [6, 6.07) is 4.12. The summed E-state index contributed by atoms with van der Waals surface area (Å²) in [5.74, 6) is 1.04. The number of rotatable bonds is 4. The van der Waals surface area contributed by atoms with E-state index in [1.807, 2.05) is 31.3 Å². The molecule has 2 N–H and O–H groups in total. The van der Waals surface area contributed by atoms with Crippen molar-refractivity contribution in [2.75, 3.05) is 25.5 Å². The summed E-state index contributed by atoms with van der Waals surface area (Å²) in [5.41, 5.74) is 6.99. The molecule has 84 valence electrons. The van der Waals surface area contributed by atoms with Crippen molar-refractivity contribution in [1.29, 1.82) is 0 Å². The van der Waals surface area contributed by atoms with E-state index >= 15 is 0 Å². The molecular weight excluding hydrogens is 186 g/mol. The maximum absolute atomic E-state index is 5.64. The molecule has 0 aliphatic heterocycles. The molecule has 15 heavy (non-hydrogen) atoms. The SMILES string of the molecule is CN(C)c1ncccc1C(C)(C)CCN. The number of hydrogen-bond acceptors (Lipinski definition) is 3. The number of aromatic nitrogens is 1. The van der Waals surface area contributed by atoms with E-state index in [4.69, 9.17) is 5.73 Å². The van der Waals surface area contributed by atoms with Gasteiger partial charge in [0.25, 0.3) is 0 Å². The third kappa shape index (κ3) is 2.69. The Morgan fingerprint density at radius 2 is 2.07 bits per heavy atom. The highest BCUT2D eigenvalue weighted by atomic mass is 15.1. The average Bonchev–Trinajstić information content (AvgIpc) is 2.17. The van der Waals surface area contributed by atoms with Gasteiger partial charge in [-0.2, -0.15) is 0 Å². The van der Waals surface area contributed by atoms with E-state index < -0.39 is 0 Å². The zero-order valence-corrected chi connectivity index (χ0v) is 10.1. The van der Waals surface area contributed by atoms with E-state index in [1.165, 1.54) is 5.56 Å². The molecule has 0 amide bonds. The van der Waals surface area contributed by atoms with Gasteiger partial charge in [-0.1, -0.05) is 19.9 Å². The van der Waals surface area contributed by atoms with Crippen LogP contribution in [0.1, 0.15) is 25.8 Å². The molecule has 0 unspecified atom stereocenters. The summed E-state index contributed by atoms with van der Waals surface area (Å²) in [5, 5.41) is 0. The number of hydrogen-bond donors (Lipinski definition) is 1. The van der Waals surface area contributed by atoms with Gasteiger partial charge >= 0.3 is 0 Å². The van der Waals surface area contributed by atoms with E-state index in [-0.39, 0.29) is 5.41 Å². The minimum absolute atomic E-state index is 0.0859. The zero-order valence-electron chi connectivity index (χ0n) is 10.1. The van der Waals surface area contributed by atoms with Crippen molar-refractivity contribution >= 4 is 5.82 Å². The fourth-order valence-corrected chi connectivity index (χ4v) is 1.78. The van der Waals surface area contributed by atoms with Crippen LogP contribution in [0.4, 0.5) is 5.82 Å². The monoisotopic (exact) mass is 207 g/mol. The Labute approximate surface area is 92.3 Å². The summed E-state index contributed by atoms with van der Waals surface area (Å²) in [6.45, 7) is 5.13. The van der Waals surface area contributed by atoms with Gasteiger partial charge in [-0.3, -0.25) is 0 Å². The molecular formula is C12H21N3. The first-order valence-electron chi connectivity index (χ1n) is 5.32. The van der Waals surface area contributed by atoms with E-state index in [1.54, 1.807) is 0 Å². The second-order valence-electron chi connectivity index (χ2n) is 4.69. The lowest BCUT2D eigenvalue weighted by atomic mass is 9.81. The molecule has 0 aliphatic rings. The molecule has 0 bridgehead atoms. The first-order chi connectivity index (χ1) is 6.99. The van der Waals surface area contributed by atoms with Crippen molar-refractivity contribution < 1.29 is 0 Å². The van der Waals surface area contributed by atoms with Crippen LogP contribution in [0.3, 0.4) is 0 Å². The maximum Gasteiger partial charge on any atom is 0.131 e. The van der Waals surface area contributed by atoms with Gasteiger partial charge in [0.1, 0.15) is 5.82 Å². The van der Waals surface area contributed by atoms with Crippen molar-refractivity contribution in [3.63, 3.8) is 0 Å². The fraction of sp³-hybridized carbons (Fsp3) is 0.583. The Kier molecular flexibility index (Phi) is 3.69. The van der Waals surface area contributed by atoms with Gasteiger partial charge in [-0.15, -0.1) is 0 Å². The van der Waals surface area contributed by atoms with E-state index in [0.717, 1.165) is 12.2 Å². The van der Waals surface area contributed by atoms with Crippen LogP contribution in [-0.4, -0.2) is 25.6 Å². The van der Waals surface area contributed by atoms with Gasteiger partial charge in [-0.25, -0.2) is 4.98 Å². The molecule has 0 aliphatic carbocycles. The number of nitrogens with two attached hydrogens (primary N) is 1. The summed E-state index contributed by atoms with van der Waals surface area (Å²) in [4.78, 5) is 6.46. The fourth-order valence-electron chi connectivity index (χ4n) is 1.78. The minimum Gasteiger partial charge on any atom is -0.363 e. The molecule has 3 heteroatoms. The molecule has 0 fully saturated rings. The second-order valence-corrected chi connectivity index (χ2v) is 4.69. The Balaban J connectivity index is 3.12. The lowest BCUT2D eigenvalue weighted by Crippen LogP contribution is -2.25. The summed E-state index contributed by atoms with van der Waals surface area (Å²) in [7, 11) is 4.04. The van der Waals surface area contributed by atoms with Crippen molar-refractivity contribution in [3.8, 4) is 0 Å². The highest BCUT2D eigenvalue weighted by Crippen LogP contribution is 2.31. The van der Waals surface area contributed by atoms with Crippen molar-refractivity contribution in [2.45, 2.75) is 25.7 Å². The smallest absolute Gasteiger partial charge is 0.131 e. The molecule has 0 saturated carbocycles. The second kappa shape index (κ2) is 4.62. The van der Waals surface area contributed by atoms with Crippen molar-refractivity contribution in [3.05, 3.63) is 23.9 Å². The summed E-state index contributed by atoms with van der Waals surface area (Å²) in [6.07, 6.45) is 2.80. The van der Waals surface area contributed by atoms with Gasteiger partial charge in [0.15, 0.2) is 0 Å². The molecule has 1 aromatic heterocycles. The predicted molar refractivity (Wildman–Crippen MR) is 65.3 cm³/mol. The summed E-state index contributed by atoms with van der Waals surface area (Å²) >= 11 is 0. The van der Waals surface area contributed by atoms with Gasteiger partial charge in [0.2, 0.25) is 0 Å². The summed E-state index contributed by atoms with van der Waals surface area (Å²) < 4.78 is 0. The molecule has 1 aromatic rings. The lowest BCUT2D eigenvalue weighted by Gasteiger charge is -2.28. The first-order valence-corrected chi connectivity index (χ1v) is 5.32. The Hall–Kier alpha value is -1.09. The molecule has 1 heterocycles. The molecule has 0 aromatic carbocycles. The molecule has 0 radical (unpaired) electrons. The normalized spacial score (nSPS) is 11.5. The zero-order chi connectivity index (χ0) is 11.5. The third-order valence-corrected chi connectivity index (χ3v) is 2.71. The molecule has 0 atom stereocenters. The van der Waals surface area contributed by atoms with Gasteiger partial charge in [0.05, 0.1) is 0 Å². The van der Waals surface area contributed by atoms with Crippen LogP contribution in [0.2, 0.25) is 0 Å². The van der Waals surface area contributed by atoms with Crippen molar-refractivity contribution in [2.24, 2.45) is 5.73 Å². The molecule has 0 saturated heterocycles. The van der Waals surface area contributed by atoms with Crippen LogP contribution < -0.4 is 10.6 Å². The van der Waals surface area contributed by atoms with Crippen LogP contribution in [0, 0.1) is 0 Å². The first kappa shape index (κ1) is 12.0. The average molecular weight is 207 g/mol. The van der Waals surface area contributed by atoms with E-state index in [0.29, 0.717) is 6.54 Å². The topological polar surface area (TPSA) is 42.2 Å². The number of pyridine rings is 1. The van der Waals surface area contributed by atoms with E-state index in [9.17, 15) is 0 Å². The molecule has 0 spiro atoms. The van der Waals surface area contributed by atoms with Gasteiger partial charge in [-0.05, 0) is 24.4 Å². The third-order valence-electron chi connectivity index (χ3n) is 2.71. The largest absolute Gasteiger partial charge is 0.363 e. The number of nitrogens with zero attached hydrogens (tertiary/aromatic N) is 2. The van der Waals surface area contributed by atoms with Gasteiger partial charge < -0.3 is 10.6 Å². The van der Waals surface area contributed by atoms with Crippen LogP contribution in [0.5, 0.6) is 0 Å². The highest BCUT2D eigenvalue weighted by molar-refractivity contribution is 5.49. The van der Waals surface area contributed by atoms with Crippen LogP contribution >= 0.6 is 0 Å².